The summed E-state index contributed by atoms with van der Waals surface area (Å²) in [5.74, 6) is -0.130. The predicted octanol–water partition coefficient (Wildman–Crippen LogP) is 1.76. The normalized spacial score (nSPS) is 14.9. The van der Waals surface area contributed by atoms with Crippen molar-refractivity contribution >= 4 is 11.8 Å². The molecule has 2 N–H and O–H groups in total. The largest absolute Gasteiger partial charge is 0.481 e. The van der Waals surface area contributed by atoms with Crippen LogP contribution in [0.15, 0.2) is 4.99 Å². The molecule has 0 fully saturated rings. The maximum Gasteiger partial charge on any atom is 0.306 e. The van der Waals surface area contributed by atoms with E-state index in [0.717, 1.165) is 12.3 Å². The minimum atomic E-state index is -0.734. The molecule has 0 aliphatic rings. The standard InChI is InChI=1S/C11H22N2O2/c1-8(10(14)15)6-11(2,3)7-9(12-4)13-5/h8H,6-7H2,1-5H3,(H,12,13)(H,14,15). The van der Waals surface area contributed by atoms with Crippen LogP contribution in [0.1, 0.15) is 33.6 Å². The molecule has 0 spiro atoms. The third-order valence-electron chi connectivity index (χ3n) is 2.48. The molecule has 0 rings (SSSR count). The zero-order valence-corrected chi connectivity index (χ0v) is 10.3. The van der Waals surface area contributed by atoms with Crippen LogP contribution in [0.5, 0.6) is 0 Å². The number of rotatable bonds is 5. The first-order chi connectivity index (χ1) is 6.82. The van der Waals surface area contributed by atoms with E-state index in [1.54, 1.807) is 14.0 Å². The summed E-state index contributed by atoms with van der Waals surface area (Å²) >= 11 is 0. The number of aliphatic imine (C=N–C) groups is 1. The first kappa shape index (κ1) is 13.9. The number of amidine groups is 1. The average Bonchev–Trinajstić information content (AvgIpc) is 2.13. The summed E-state index contributed by atoms with van der Waals surface area (Å²) in [7, 11) is 3.57. The molecule has 0 aromatic rings. The summed E-state index contributed by atoms with van der Waals surface area (Å²) in [4.78, 5) is 14.9. The molecular formula is C11H22N2O2. The molecule has 4 heteroatoms. The Morgan fingerprint density at radius 1 is 1.53 bits per heavy atom. The van der Waals surface area contributed by atoms with Gasteiger partial charge in [-0.25, -0.2) is 0 Å². The number of nitrogens with zero attached hydrogens (tertiary/aromatic N) is 1. The lowest BCUT2D eigenvalue weighted by molar-refractivity contribution is -0.142. The monoisotopic (exact) mass is 214 g/mol. The molecule has 15 heavy (non-hydrogen) atoms. The van der Waals surface area contributed by atoms with E-state index < -0.39 is 5.97 Å². The molecule has 1 atom stereocenters. The Morgan fingerprint density at radius 3 is 2.40 bits per heavy atom. The molecule has 4 nitrogen and oxygen atoms in total. The zero-order valence-electron chi connectivity index (χ0n) is 10.3. The highest BCUT2D eigenvalue weighted by molar-refractivity contribution is 5.82. The van der Waals surface area contributed by atoms with Crippen molar-refractivity contribution in [3.05, 3.63) is 0 Å². The fraction of sp³-hybridized carbons (Fsp3) is 0.818. The van der Waals surface area contributed by atoms with Gasteiger partial charge >= 0.3 is 5.97 Å². The van der Waals surface area contributed by atoms with E-state index in [1.165, 1.54) is 0 Å². The molecule has 0 aromatic carbocycles. The van der Waals surface area contributed by atoms with E-state index in [9.17, 15) is 4.79 Å². The lowest BCUT2D eigenvalue weighted by atomic mass is 9.80. The van der Waals surface area contributed by atoms with Crippen molar-refractivity contribution in [1.82, 2.24) is 5.32 Å². The molecule has 0 saturated heterocycles. The van der Waals surface area contributed by atoms with Crippen molar-refractivity contribution in [3.63, 3.8) is 0 Å². The highest BCUT2D eigenvalue weighted by Crippen LogP contribution is 2.29. The minimum absolute atomic E-state index is 0.0460. The number of hydrogen-bond donors (Lipinski definition) is 2. The number of hydrogen-bond acceptors (Lipinski definition) is 2. The topological polar surface area (TPSA) is 61.7 Å². The molecule has 0 saturated carbocycles. The molecule has 0 amide bonds. The van der Waals surface area contributed by atoms with Gasteiger partial charge in [-0.15, -0.1) is 0 Å². The second kappa shape index (κ2) is 5.73. The van der Waals surface area contributed by atoms with Crippen LogP contribution >= 0.6 is 0 Å². The lowest BCUT2D eigenvalue weighted by Crippen LogP contribution is -2.29. The second-order valence-corrected chi connectivity index (χ2v) is 4.70. The minimum Gasteiger partial charge on any atom is -0.481 e. The van der Waals surface area contributed by atoms with E-state index in [4.69, 9.17) is 5.11 Å². The molecule has 0 radical (unpaired) electrons. The van der Waals surface area contributed by atoms with Crippen molar-refractivity contribution in [2.75, 3.05) is 14.1 Å². The Labute approximate surface area is 91.8 Å². The fourth-order valence-electron chi connectivity index (χ4n) is 1.72. The molecule has 1 unspecified atom stereocenters. The smallest absolute Gasteiger partial charge is 0.306 e. The number of carbonyl (C=O) groups is 1. The van der Waals surface area contributed by atoms with Gasteiger partial charge in [-0.1, -0.05) is 20.8 Å². The third-order valence-corrected chi connectivity index (χ3v) is 2.48. The molecule has 0 bridgehead atoms. The van der Waals surface area contributed by atoms with Gasteiger partial charge in [-0.2, -0.15) is 0 Å². The maximum absolute atomic E-state index is 10.8. The van der Waals surface area contributed by atoms with Crippen LogP contribution in [0.2, 0.25) is 0 Å². The quantitative estimate of drug-likeness (QED) is 0.541. The zero-order chi connectivity index (χ0) is 12.1. The summed E-state index contributed by atoms with van der Waals surface area (Å²) in [6.07, 6.45) is 1.43. The first-order valence-corrected chi connectivity index (χ1v) is 5.18. The van der Waals surface area contributed by atoms with Gasteiger partial charge in [-0.05, 0) is 11.8 Å². The van der Waals surface area contributed by atoms with E-state index in [-0.39, 0.29) is 11.3 Å². The number of nitrogens with one attached hydrogen (secondary N) is 1. The average molecular weight is 214 g/mol. The Kier molecular flexibility index (Phi) is 5.33. The van der Waals surface area contributed by atoms with Crippen molar-refractivity contribution < 1.29 is 9.90 Å². The third kappa shape index (κ3) is 5.40. The summed E-state index contributed by atoms with van der Waals surface area (Å²) in [6, 6.07) is 0. The van der Waals surface area contributed by atoms with Crippen LogP contribution in [-0.2, 0) is 4.79 Å². The van der Waals surface area contributed by atoms with Crippen molar-refractivity contribution in [1.29, 1.82) is 0 Å². The van der Waals surface area contributed by atoms with Gasteiger partial charge in [0.1, 0.15) is 0 Å². The van der Waals surface area contributed by atoms with Crippen molar-refractivity contribution in [2.24, 2.45) is 16.3 Å². The van der Waals surface area contributed by atoms with Gasteiger partial charge in [0.2, 0.25) is 0 Å². The summed E-state index contributed by atoms with van der Waals surface area (Å²) in [5.41, 5.74) is -0.0460. The summed E-state index contributed by atoms with van der Waals surface area (Å²) in [6.45, 7) is 5.87. The molecule has 88 valence electrons. The van der Waals surface area contributed by atoms with Crippen LogP contribution in [-0.4, -0.2) is 31.0 Å². The van der Waals surface area contributed by atoms with Gasteiger partial charge in [0.05, 0.1) is 11.8 Å². The maximum atomic E-state index is 10.8. The number of carboxylic acid groups (broad SMARTS) is 1. The Bertz CT molecular complexity index is 247. The van der Waals surface area contributed by atoms with Gasteiger partial charge < -0.3 is 10.4 Å². The summed E-state index contributed by atoms with van der Waals surface area (Å²) in [5, 5.41) is 11.9. The van der Waals surface area contributed by atoms with Gasteiger partial charge in [-0.3, -0.25) is 9.79 Å². The molecule has 0 heterocycles. The Hall–Kier alpha value is -1.06. The van der Waals surface area contributed by atoms with Gasteiger partial charge in [0, 0.05) is 20.5 Å². The molecular weight excluding hydrogens is 192 g/mol. The highest BCUT2D eigenvalue weighted by atomic mass is 16.4. The van der Waals surface area contributed by atoms with Crippen molar-refractivity contribution in [2.45, 2.75) is 33.6 Å². The highest BCUT2D eigenvalue weighted by Gasteiger charge is 2.25. The summed E-state index contributed by atoms with van der Waals surface area (Å²) < 4.78 is 0. The van der Waals surface area contributed by atoms with E-state index >= 15 is 0 Å². The Morgan fingerprint density at radius 2 is 2.07 bits per heavy atom. The first-order valence-electron chi connectivity index (χ1n) is 5.18. The van der Waals surface area contributed by atoms with Crippen LogP contribution < -0.4 is 5.32 Å². The van der Waals surface area contributed by atoms with Crippen LogP contribution in [0.25, 0.3) is 0 Å². The van der Waals surface area contributed by atoms with Crippen LogP contribution in [0, 0.1) is 11.3 Å². The van der Waals surface area contributed by atoms with E-state index in [2.05, 4.69) is 24.2 Å². The molecule has 0 aliphatic carbocycles. The number of aliphatic carboxylic acids is 1. The predicted molar refractivity (Wildman–Crippen MR) is 62.2 cm³/mol. The lowest BCUT2D eigenvalue weighted by Gasteiger charge is -2.27. The van der Waals surface area contributed by atoms with Crippen LogP contribution in [0.3, 0.4) is 0 Å². The van der Waals surface area contributed by atoms with Crippen molar-refractivity contribution in [3.8, 4) is 0 Å². The van der Waals surface area contributed by atoms with Gasteiger partial charge in [0.25, 0.3) is 0 Å². The molecule has 0 aromatic heterocycles. The van der Waals surface area contributed by atoms with E-state index in [0.29, 0.717) is 6.42 Å². The fourth-order valence-corrected chi connectivity index (χ4v) is 1.72. The van der Waals surface area contributed by atoms with Gasteiger partial charge in [0.15, 0.2) is 0 Å². The number of carboxylic acids is 1. The molecule has 0 aliphatic heterocycles. The Balaban J connectivity index is 4.36. The van der Waals surface area contributed by atoms with E-state index in [1.807, 2.05) is 7.05 Å². The SMILES string of the molecule is CN=C(CC(C)(C)CC(C)C(=O)O)NC. The van der Waals surface area contributed by atoms with Crippen LogP contribution in [0.4, 0.5) is 0 Å². The second-order valence-electron chi connectivity index (χ2n) is 4.70.